The van der Waals surface area contributed by atoms with Crippen LogP contribution in [-0.4, -0.2) is 26.0 Å². The number of hydrogen-bond acceptors (Lipinski definition) is 5. The Morgan fingerprint density at radius 3 is 2.96 bits per heavy atom. The largest absolute Gasteiger partial charge is 0.386 e. The highest BCUT2D eigenvalue weighted by Gasteiger charge is 2.14. The number of aromatic nitrogens is 3. The molecular weight excluding hydrogens is 348 g/mol. The summed E-state index contributed by atoms with van der Waals surface area (Å²) in [6.07, 6.45) is 0.828. The van der Waals surface area contributed by atoms with E-state index in [1.807, 2.05) is 35.0 Å². The molecule has 3 aromatic rings. The van der Waals surface area contributed by atoms with E-state index >= 15 is 0 Å². The van der Waals surface area contributed by atoms with Gasteiger partial charge >= 0.3 is 0 Å². The molecule has 0 aliphatic heterocycles. The lowest BCUT2D eigenvalue weighted by molar-refractivity contribution is 0.0945. The molecule has 1 atom stereocenters. The molecule has 0 radical (unpaired) electrons. The van der Waals surface area contributed by atoms with Gasteiger partial charge in [-0.2, -0.15) is 11.3 Å². The fourth-order valence-corrected chi connectivity index (χ4v) is 3.06. The Morgan fingerprint density at radius 2 is 2.21 bits per heavy atom. The smallest absolute Gasteiger partial charge is 0.273 e. The third-order valence-electron chi connectivity index (χ3n) is 3.46. The van der Waals surface area contributed by atoms with Crippen LogP contribution in [-0.2, 0) is 13.1 Å². The number of hydrogen-bond donors (Lipinski definition) is 2. The first-order chi connectivity index (χ1) is 11.6. The van der Waals surface area contributed by atoms with Gasteiger partial charge in [-0.3, -0.25) is 4.79 Å². The summed E-state index contributed by atoms with van der Waals surface area (Å²) in [4.78, 5) is 12.1. The molecule has 0 unspecified atom stereocenters. The molecule has 8 heteroatoms. The Bertz CT molecular complexity index is 819. The van der Waals surface area contributed by atoms with Gasteiger partial charge in [-0.15, -0.1) is 5.10 Å². The molecule has 2 heterocycles. The van der Waals surface area contributed by atoms with E-state index in [0.717, 1.165) is 11.1 Å². The molecule has 0 aliphatic carbocycles. The topological polar surface area (TPSA) is 80.0 Å². The number of carbonyl (C=O) groups is 1. The number of nitrogens with one attached hydrogen (secondary N) is 1. The van der Waals surface area contributed by atoms with E-state index in [9.17, 15) is 9.90 Å². The minimum Gasteiger partial charge on any atom is -0.386 e. The first-order valence-electron chi connectivity index (χ1n) is 7.25. The lowest BCUT2D eigenvalue weighted by Crippen LogP contribution is -2.23. The van der Waals surface area contributed by atoms with Gasteiger partial charge in [-0.25, -0.2) is 4.68 Å². The fourth-order valence-electron chi connectivity index (χ4n) is 2.15. The van der Waals surface area contributed by atoms with Crippen molar-refractivity contribution in [2.45, 2.75) is 19.2 Å². The van der Waals surface area contributed by atoms with Crippen LogP contribution in [0, 0.1) is 0 Å². The zero-order valence-electron chi connectivity index (χ0n) is 12.6. The summed E-state index contributed by atoms with van der Waals surface area (Å²) in [6, 6.07) is 9.15. The lowest BCUT2D eigenvalue weighted by atomic mass is 10.2. The quantitative estimate of drug-likeness (QED) is 0.706. The lowest BCUT2D eigenvalue weighted by Gasteiger charge is -2.07. The molecule has 0 aliphatic rings. The van der Waals surface area contributed by atoms with Gasteiger partial charge in [-0.1, -0.05) is 35.0 Å². The molecule has 124 valence electrons. The van der Waals surface area contributed by atoms with Gasteiger partial charge in [0.15, 0.2) is 5.69 Å². The predicted molar refractivity (Wildman–Crippen MR) is 91.9 cm³/mol. The number of nitrogens with zero attached hydrogens (tertiary/aromatic N) is 3. The third-order valence-corrected chi connectivity index (χ3v) is 4.53. The SMILES string of the molecule is O=C(NCc1ccccc1Cl)c1cn(C[C@@H](O)c2ccsc2)nn1. The summed E-state index contributed by atoms with van der Waals surface area (Å²) in [5.41, 5.74) is 1.84. The monoisotopic (exact) mass is 362 g/mol. The number of aliphatic hydroxyl groups is 1. The van der Waals surface area contributed by atoms with E-state index in [-0.39, 0.29) is 18.1 Å². The molecule has 2 aromatic heterocycles. The minimum absolute atomic E-state index is 0.194. The highest BCUT2D eigenvalue weighted by Crippen LogP contribution is 2.17. The van der Waals surface area contributed by atoms with Crippen LogP contribution in [0.4, 0.5) is 0 Å². The van der Waals surface area contributed by atoms with E-state index in [1.165, 1.54) is 22.2 Å². The number of carbonyl (C=O) groups excluding carboxylic acids is 1. The summed E-state index contributed by atoms with van der Waals surface area (Å²) in [5, 5.41) is 24.9. The molecule has 24 heavy (non-hydrogen) atoms. The second-order valence-corrected chi connectivity index (χ2v) is 6.36. The van der Waals surface area contributed by atoms with E-state index < -0.39 is 6.10 Å². The number of amides is 1. The zero-order chi connectivity index (χ0) is 16.9. The number of benzene rings is 1. The van der Waals surface area contributed by atoms with Crippen molar-refractivity contribution in [2.75, 3.05) is 0 Å². The maximum atomic E-state index is 12.1. The van der Waals surface area contributed by atoms with Crippen molar-refractivity contribution >= 4 is 28.8 Å². The summed E-state index contributed by atoms with van der Waals surface area (Å²) in [5.74, 6) is -0.341. The first-order valence-corrected chi connectivity index (χ1v) is 8.57. The van der Waals surface area contributed by atoms with Crippen LogP contribution in [0.2, 0.25) is 5.02 Å². The average Bonchev–Trinajstić information content (AvgIpc) is 3.25. The van der Waals surface area contributed by atoms with Gasteiger partial charge < -0.3 is 10.4 Å². The molecule has 0 bridgehead atoms. The highest BCUT2D eigenvalue weighted by atomic mass is 35.5. The van der Waals surface area contributed by atoms with Crippen LogP contribution >= 0.6 is 22.9 Å². The molecule has 3 rings (SSSR count). The summed E-state index contributed by atoms with van der Waals surface area (Å²) < 4.78 is 1.45. The Morgan fingerprint density at radius 1 is 1.38 bits per heavy atom. The molecule has 1 amide bonds. The molecule has 0 saturated heterocycles. The van der Waals surface area contributed by atoms with Crippen molar-refractivity contribution in [1.82, 2.24) is 20.3 Å². The van der Waals surface area contributed by atoms with Crippen molar-refractivity contribution in [3.05, 3.63) is 69.1 Å². The molecule has 2 N–H and O–H groups in total. The van der Waals surface area contributed by atoms with Gasteiger partial charge in [0.2, 0.25) is 0 Å². The molecule has 0 saturated carbocycles. The minimum atomic E-state index is -0.683. The summed E-state index contributed by atoms with van der Waals surface area (Å²) in [6.45, 7) is 0.546. The molecule has 0 fully saturated rings. The van der Waals surface area contributed by atoms with Gasteiger partial charge in [0.25, 0.3) is 5.91 Å². The van der Waals surface area contributed by atoms with Crippen molar-refractivity contribution in [3.63, 3.8) is 0 Å². The molecular formula is C16H15ClN4O2S. The van der Waals surface area contributed by atoms with Crippen molar-refractivity contribution in [3.8, 4) is 0 Å². The van der Waals surface area contributed by atoms with Crippen LogP contribution in [0.25, 0.3) is 0 Å². The van der Waals surface area contributed by atoms with Crippen molar-refractivity contribution < 1.29 is 9.90 Å². The summed E-state index contributed by atoms with van der Waals surface area (Å²) in [7, 11) is 0. The van der Waals surface area contributed by atoms with Crippen LogP contribution in [0.1, 0.15) is 27.7 Å². The number of rotatable bonds is 6. The van der Waals surface area contributed by atoms with E-state index in [4.69, 9.17) is 11.6 Å². The van der Waals surface area contributed by atoms with Crippen LogP contribution in [0.3, 0.4) is 0 Å². The number of thiophene rings is 1. The van der Waals surface area contributed by atoms with Crippen molar-refractivity contribution in [2.24, 2.45) is 0 Å². The number of aliphatic hydroxyl groups excluding tert-OH is 1. The van der Waals surface area contributed by atoms with Crippen molar-refractivity contribution in [1.29, 1.82) is 0 Å². The Labute approximate surface area is 147 Å². The first kappa shape index (κ1) is 16.6. The maximum absolute atomic E-state index is 12.1. The average molecular weight is 363 g/mol. The maximum Gasteiger partial charge on any atom is 0.273 e. The van der Waals surface area contributed by atoms with Gasteiger partial charge in [-0.05, 0) is 34.0 Å². The molecule has 1 aromatic carbocycles. The van der Waals surface area contributed by atoms with Gasteiger partial charge in [0, 0.05) is 11.6 Å². The van der Waals surface area contributed by atoms with Crippen LogP contribution < -0.4 is 5.32 Å². The van der Waals surface area contributed by atoms with E-state index in [2.05, 4.69) is 15.6 Å². The van der Waals surface area contributed by atoms with Crippen LogP contribution in [0.5, 0.6) is 0 Å². The number of halogens is 1. The van der Waals surface area contributed by atoms with Gasteiger partial charge in [0.05, 0.1) is 18.8 Å². The molecule has 0 spiro atoms. The highest BCUT2D eigenvalue weighted by molar-refractivity contribution is 7.07. The standard InChI is InChI=1S/C16H15ClN4O2S/c17-13-4-2-1-3-11(13)7-18-16(23)14-8-21(20-19-14)9-15(22)12-5-6-24-10-12/h1-6,8,10,15,22H,7,9H2,(H,18,23)/t15-/m1/s1. The van der Waals surface area contributed by atoms with E-state index in [0.29, 0.717) is 11.6 Å². The zero-order valence-corrected chi connectivity index (χ0v) is 14.2. The second kappa shape index (κ2) is 7.57. The predicted octanol–water partition coefficient (Wildman–Crippen LogP) is 2.66. The van der Waals surface area contributed by atoms with Gasteiger partial charge in [0.1, 0.15) is 0 Å². The summed E-state index contributed by atoms with van der Waals surface area (Å²) >= 11 is 7.57. The Kier molecular flexibility index (Phi) is 5.24. The molecule has 6 nitrogen and oxygen atoms in total. The normalized spacial score (nSPS) is 12.1. The van der Waals surface area contributed by atoms with Crippen LogP contribution in [0.15, 0.2) is 47.3 Å². The van der Waals surface area contributed by atoms with E-state index in [1.54, 1.807) is 6.07 Å². The fraction of sp³-hybridized carbons (Fsp3) is 0.188. The third kappa shape index (κ3) is 4.00. The second-order valence-electron chi connectivity index (χ2n) is 5.17. The Hall–Kier alpha value is -2.22. The Balaban J connectivity index is 1.58.